The summed E-state index contributed by atoms with van der Waals surface area (Å²) in [6.45, 7) is 1.96. The first-order valence-corrected chi connectivity index (χ1v) is 6.42. The highest BCUT2D eigenvalue weighted by molar-refractivity contribution is 6.35. The van der Waals surface area contributed by atoms with Gasteiger partial charge in [0.25, 0.3) is 5.56 Å². The van der Waals surface area contributed by atoms with Gasteiger partial charge in [-0.1, -0.05) is 48.0 Å². The predicted octanol–water partition coefficient (Wildman–Crippen LogP) is 4.16. The Morgan fingerprint density at radius 2 is 1.79 bits per heavy atom. The Balaban J connectivity index is 2.37. The third-order valence-corrected chi connectivity index (χ3v) is 3.59. The number of aromatic amines is 1. The molecule has 0 spiro atoms. The highest BCUT2D eigenvalue weighted by Gasteiger charge is 2.08. The van der Waals surface area contributed by atoms with Crippen molar-refractivity contribution in [2.75, 3.05) is 0 Å². The van der Waals surface area contributed by atoms with Crippen LogP contribution >= 0.6 is 11.6 Å². The number of aryl methyl sites for hydroxylation is 1. The fourth-order valence-corrected chi connectivity index (χ4v) is 2.45. The van der Waals surface area contributed by atoms with Gasteiger partial charge < -0.3 is 4.98 Å². The predicted molar refractivity (Wildman–Crippen MR) is 79.8 cm³/mol. The minimum absolute atomic E-state index is 0.0935. The van der Waals surface area contributed by atoms with E-state index in [9.17, 15) is 4.79 Å². The van der Waals surface area contributed by atoms with Crippen LogP contribution in [0.4, 0.5) is 0 Å². The van der Waals surface area contributed by atoms with Crippen LogP contribution < -0.4 is 5.56 Å². The van der Waals surface area contributed by atoms with E-state index in [0.717, 1.165) is 22.0 Å². The lowest BCUT2D eigenvalue weighted by atomic mass is 10.0. The Morgan fingerprint density at radius 1 is 1.05 bits per heavy atom. The van der Waals surface area contributed by atoms with Gasteiger partial charge in [-0.2, -0.15) is 0 Å². The Morgan fingerprint density at radius 3 is 2.53 bits per heavy atom. The summed E-state index contributed by atoms with van der Waals surface area (Å²) in [4.78, 5) is 15.1. The molecule has 1 aromatic heterocycles. The number of rotatable bonds is 1. The van der Waals surface area contributed by atoms with Crippen LogP contribution in [0.25, 0.3) is 22.0 Å². The van der Waals surface area contributed by atoms with Crippen molar-refractivity contribution >= 4 is 22.5 Å². The molecule has 2 nitrogen and oxygen atoms in total. The van der Waals surface area contributed by atoms with Crippen LogP contribution in [0.3, 0.4) is 0 Å². The van der Waals surface area contributed by atoms with Gasteiger partial charge in [-0.25, -0.2) is 0 Å². The minimum atomic E-state index is -0.0935. The van der Waals surface area contributed by atoms with E-state index in [-0.39, 0.29) is 5.56 Å². The second-order valence-electron chi connectivity index (χ2n) is 4.53. The molecule has 94 valence electrons. The Kier molecular flexibility index (Phi) is 2.88. The van der Waals surface area contributed by atoms with Crippen LogP contribution in [-0.2, 0) is 0 Å². The molecule has 3 aromatic rings. The first kappa shape index (κ1) is 12.0. The second-order valence-corrected chi connectivity index (χ2v) is 4.94. The summed E-state index contributed by atoms with van der Waals surface area (Å²) >= 11 is 6.22. The molecule has 0 aliphatic heterocycles. The molecular formula is C16H12ClNO. The zero-order valence-corrected chi connectivity index (χ0v) is 11.2. The second kappa shape index (κ2) is 4.56. The average Bonchev–Trinajstić information content (AvgIpc) is 2.44. The molecule has 3 heteroatoms. The fourth-order valence-electron chi connectivity index (χ4n) is 2.23. The number of aromatic nitrogens is 1. The summed E-state index contributed by atoms with van der Waals surface area (Å²) in [7, 11) is 0. The van der Waals surface area contributed by atoms with Gasteiger partial charge in [0.1, 0.15) is 0 Å². The molecule has 3 rings (SSSR count). The molecule has 2 aromatic carbocycles. The quantitative estimate of drug-likeness (QED) is 0.707. The summed E-state index contributed by atoms with van der Waals surface area (Å²) in [5.74, 6) is 0. The van der Waals surface area contributed by atoms with Crippen LogP contribution in [0.2, 0.25) is 5.02 Å². The van der Waals surface area contributed by atoms with Crippen molar-refractivity contribution in [2.24, 2.45) is 0 Å². The maximum absolute atomic E-state index is 12.2. The van der Waals surface area contributed by atoms with Gasteiger partial charge in [-0.15, -0.1) is 0 Å². The van der Waals surface area contributed by atoms with Crippen LogP contribution in [0.1, 0.15) is 5.56 Å². The summed E-state index contributed by atoms with van der Waals surface area (Å²) in [6, 6.07) is 15.2. The number of pyridine rings is 1. The number of halogens is 1. The molecule has 0 aliphatic carbocycles. The molecule has 1 N–H and O–H groups in total. The zero-order valence-electron chi connectivity index (χ0n) is 10.4. The molecule has 0 aliphatic rings. The van der Waals surface area contributed by atoms with Crippen molar-refractivity contribution in [1.29, 1.82) is 0 Å². The van der Waals surface area contributed by atoms with Crippen LogP contribution in [0, 0.1) is 6.92 Å². The first-order valence-electron chi connectivity index (χ1n) is 6.04. The molecular weight excluding hydrogens is 258 g/mol. The summed E-state index contributed by atoms with van der Waals surface area (Å²) in [5.41, 5.74) is 3.25. The van der Waals surface area contributed by atoms with E-state index in [1.807, 2.05) is 55.5 Å². The number of hydrogen-bond donors (Lipinski definition) is 1. The highest BCUT2D eigenvalue weighted by atomic mass is 35.5. The smallest absolute Gasteiger partial charge is 0.256 e. The molecule has 0 radical (unpaired) electrons. The molecule has 0 atom stereocenters. The largest absolute Gasteiger partial charge is 0.321 e. The lowest BCUT2D eigenvalue weighted by Crippen LogP contribution is -2.09. The number of nitrogens with one attached hydrogen (secondary N) is 1. The topological polar surface area (TPSA) is 32.9 Å². The maximum atomic E-state index is 12.2. The molecule has 0 fully saturated rings. The lowest BCUT2D eigenvalue weighted by molar-refractivity contribution is 1.28. The van der Waals surface area contributed by atoms with E-state index in [1.54, 1.807) is 0 Å². The normalized spacial score (nSPS) is 10.8. The first-order chi connectivity index (χ1) is 9.16. The third-order valence-electron chi connectivity index (χ3n) is 3.26. The molecule has 0 amide bonds. The Labute approximate surface area is 115 Å². The minimum Gasteiger partial charge on any atom is -0.321 e. The van der Waals surface area contributed by atoms with Crippen LogP contribution in [-0.4, -0.2) is 4.98 Å². The van der Waals surface area contributed by atoms with Crippen LogP contribution in [0.5, 0.6) is 0 Å². The molecule has 19 heavy (non-hydrogen) atoms. The van der Waals surface area contributed by atoms with Gasteiger partial charge in [0.2, 0.25) is 0 Å². The van der Waals surface area contributed by atoms with Gasteiger partial charge in [0.15, 0.2) is 0 Å². The van der Waals surface area contributed by atoms with Gasteiger partial charge in [-0.05, 0) is 30.2 Å². The van der Waals surface area contributed by atoms with Crippen molar-refractivity contribution in [1.82, 2.24) is 4.98 Å². The van der Waals surface area contributed by atoms with E-state index in [1.165, 1.54) is 0 Å². The van der Waals surface area contributed by atoms with Gasteiger partial charge >= 0.3 is 0 Å². The standard InChI is InChI=1S/C16H12ClNO/c1-10-7-8-14(17)13-9-12(16(19)18-15(10)13)11-5-3-2-4-6-11/h2-9H,1H3,(H,18,19). The number of H-pyrrole nitrogens is 1. The van der Waals surface area contributed by atoms with E-state index in [4.69, 9.17) is 11.6 Å². The lowest BCUT2D eigenvalue weighted by Gasteiger charge is -2.07. The highest BCUT2D eigenvalue weighted by Crippen LogP contribution is 2.27. The van der Waals surface area contributed by atoms with E-state index in [2.05, 4.69) is 4.98 Å². The molecule has 0 bridgehead atoms. The van der Waals surface area contributed by atoms with Crippen molar-refractivity contribution in [3.8, 4) is 11.1 Å². The van der Waals surface area contributed by atoms with Crippen molar-refractivity contribution < 1.29 is 0 Å². The molecule has 0 unspecified atom stereocenters. The van der Waals surface area contributed by atoms with E-state index in [0.29, 0.717) is 10.6 Å². The van der Waals surface area contributed by atoms with E-state index >= 15 is 0 Å². The molecule has 0 saturated heterocycles. The van der Waals surface area contributed by atoms with Crippen molar-refractivity contribution in [3.63, 3.8) is 0 Å². The van der Waals surface area contributed by atoms with Crippen molar-refractivity contribution in [2.45, 2.75) is 6.92 Å². The monoisotopic (exact) mass is 269 g/mol. The summed E-state index contributed by atoms with van der Waals surface area (Å²) < 4.78 is 0. The Bertz CT molecular complexity index is 806. The third kappa shape index (κ3) is 2.04. The van der Waals surface area contributed by atoms with Gasteiger partial charge in [0.05, 0.1) is 5.52 Å². The van der Waals surface area contributed by atoms with Crippen LogP contribution in [0.15, 0.2) is 53.3 Å². The number of hydrogen-bond acceptors (Lipinski definition) is 1. The molecule has 0 saturated carbocycles. The zero-order chi connectivity index (χ0) is 13.4. The number of benzene rings is 2. The van der Waals surface area contributed by atoms with Gasteiger partial charge in [0, 0.05) is 16.0 Å². The fraction of sp³-hybridized carbons (Fsp3) is 0.0625. The average molecular weight is 270 g/mol. The Hall–Kier alpha value is -2.06. The maximum Gasteiger partial charge on any atom is 0.256 e. The summed E-state index contributed by atoms with van der Waals surface area (Å²) in [6.07, 6.45) is 0. The molecule has 1 heterocycles. The SMILES string of the molecule is Cc1ccc(Cl)c2cc(-c3ccccc3)c(=O)[nH]c12. The van der Waals surface area contributed by atoms with E-state index < -0.39 is 0 Å². The van der Waals surface area contributed by atoms with Crippen molar-refractivity contribution in [3.05, 3.63) is 69.5 Å². The summed E-state index contributed by atoms with van der Waals surface area (Å²) in [5, 5.41) is 1.52. The number of fused-ring (bicyclic) bond motifs is 1. The van der Waals surface area contributed by atoms with Gasteiger partial charge in [-0.3, -0.25) is 4.79 Å².